The molecule has 1 N–H and O–H groups in total. The smallest absolute Gasteiger partial charge is 0.550 e. The van der Waals surface area contributed by atoms with Crippen molar-refractivity contribution >= 4 is 17.6 Å². The Balaban J connectivity index is 2.05. The summed E-state index contributed by atoms with van der Waals surface area (Å²) in [6.07, 6.45) is -2.53. The molecule has 1 aliphatic carbocycles. The minimum Gasteiger partial charge on any atom is -0.550 e. The lowest BCUT2D eigenvalue weighted by atomic mass is 9.79. The van der Waals surface area contributed by atoms with E-state index in [1.54, 1.807) is 13.0 Å². The highest BCUT2D eigenvalue weighted by molar-refractivity contribution is 5.95. The fourth-order valence-electron chi connectivity index (χ4n) is 2.58. The van der Waals surface area contributed by atoms with E-state index in [4.69, 9.17) is 0 Å². The van der Waals surface area contributed by atoms with E-state index >= 15 is 0 Å². The van der Waals surface area contributed by atoms with Gasteiger partial charge in [0.15, 0.2) is 0 Å². The lowest BCUT2D eigenvalue weighted by Crippen LogP contribution is -2.42. The highest BCUT2D eigenvalue weighted by atomic mass is 19.4. The average Bonchev–Trinajstić information content (AvgIpc) is 2.47. The van der Waals surface area contributed by atoms with E-state index in [1.165, 1.54) is 12.1 Å². The summed E-state index contributed by atoms with van der Waals surface area (Å²) in [5.41, 5.74) is 1.15. The van der Waals surface area contributed by atoms with Crippen molar-refractivity contribution in [3.63, 3.8) is 0 Å². The number of benzene rings is 1. The molecule has 1 aromatic carbocycles. The normalized spacial score (nSPS) is 20.9. The first kappa shape index (κ1) is 17.8. The van der Waals surface area contributed by atoms with Crippen molar-refractivity contribution < 1.29 is 32.6 Å². The molecule has 0 unspecified atom stereocenters. The van der Waals surface area contributed by atoms with E-state index in [-0.39, 0.29) is 12.1 Å². The van der Waals surface area contributed by atoms with E-state index in [9.17, 15) is 27.9 Å². The zero-order valence-corrected chi connectivity index (χ0v) is 12.7. The number of carbonyl (C=O) groups is 2. The van der Waals surface area contributed by atoms with Crippen molar-refractivity contribution in [2.45, 2.75) is 26.1 Å². The number of carbonyl (C=O) groups excluding carboxylic acids is 2. The highest BCUT2D eigenvalue weighted by Gasteiger charge is 2.32. The van der Waals surface area contributed by atoms with Gasteiger partial charge in [0.05, 0.1) is 5.92 Å². The van der Waals surface area contributed by atoms with Gasteiger partial charge in [0, 0.05) is 17.6 Å². The van der Waals surface area contributed by atoms with Crippen molar-refractivity contribution in [3.05, 3.63) is 35.9 Å². The van der Waals surface area contributed by atoms with E-state index in [2.05, 4.69) is 10.1 Å². The Hall–Kier alpha value is -2.51. The van der Waals surface area contributed by atoms with E-state index < -0.39 is 35.8 Å². The minimum atomic E-state index is -4.79. The van der Waals surface area contributed by atoms with Gasteiger partial charge in [-0.2, -0.15) is 0 Å². The molecule has 0 saturated heterocycles. The number of allylic oxidation sites excluding steroid dienone is 2. The molecular weight excluding hydrogens is 327 g/mol. The number of carboxylic acid groups (broad SMARTS) is 1. The van der Waals surface area contributed by atoms with Gasteiger partial charge >= 0.3 is 6.36 Å². The van der Waals surface area contributed by atoms with Crippen LogP contribution in [0.5, 0.6) is 5.75 Å². The number of rotatable bonds is 4. The molecule has 8 heteroatoms. The van der Waals surface area contributed by atoms with E-state index in [1.807, 2.05) is 0 Å². The second-order valence-electron chi connectivity index (χ2n) is 5.58. The van der Waals surface area contributed by atoms with Gasteiger partial charge in [-0.1, -0.05) is 11.6 Å². The monoisotopic (exact) mass is 342 g/mol. The molecular formula is C16H15F3NO4-. The third kappa shape index (κ3) is 4.74. The molecule has 0 radical (unpaired) electrons. The number of hydrogen-bond donors (Lipinski definition) is 1. The molecule has 1 amide bonds. The van der Waals surface area contributed by atoms with Crippen molar-refractivity contribution in [1.82, 2.24) is 0 Å². The van der Waals surface area contributed by atoms with Crippen molar-refractivity contribution in [3.8, 4) is 5.75 Å². The molecule has 1 aromatic rings. The maximum absolute atomic E-state index is 12.3. The number of hydrogen-bond acceptors (Lipinski definition) is 4. The highest BCUT2D eigenvalue weighted by Crippen LogP contribution is 2.31. The number of amides is 1. The Bertz CT molecular complexity index is 652. The van der Waals surface area contributed by atoms with Crippen LogP contribution in [0.2, 0.25) is 0 Å². The van der Waals surface area contributed by atoms with E-state index in [0.29, 0.717) is 6.42 Å². The lowest BCUT2D eigenvalue weighted by Gasteiger charge is -2.30. The van der Waals surface area contributed by atoms with Gasteiger partial charge in [-0.25, -0.2) is 0 Å². The summed E-state index contributed by atoms with van der Waals surface area (Å²) in [6.45, 7) is 1.80. The molecule has 24 heavy (non-hydrogen) atoms. The first-order valence-electron chi connectivity index (χ1n) is 7.19. The van der Waals surface area contributed by atoms with Crippen LogP contribution in [-0.2, 0) is 9.59 Å². The van der Waals surface area contributed by atoms with Crippen LogP contribution in [-0.4, -0.2) is 18.2 Å². The topological polar surface area (TPSA) is 78.5 Å². The van der Waals surface area contributed by atoms with Crippen LogP contribution in [0.1, 0.15) is 19.8 Å². The van der Waals surface area contributed by atoms with Gasteiger partial charge in [-0.15, -0.1) is 13.2 Å². The van der Waals surface area contributed by atoms with Gasteiger partial charge in [-0.3, -0.25) is 4.79 Å². The quantitative estimate of drug-likeness (QED) is 0.851. The number of carboxylic acids is 1. The third-order valence-electron chi connectivity index (χ3n) is 3.74. The molecule has 0 fully saturated rings. The molecule has 130 valence electrons. The molecule has 0 aromatic heterocycles. The standard InChI is InChI=1S/C16H16F3NO4/c1-9-2-7-12(15(22)23)13(8-9)14(21)20-10-3-5-11(6-4-10)24-16(17,18)19/h2-6,12-13H,7-8H2,1H3,(H,20,21)(H,22,23)/p-1/t12-,13+/m1/s1. The van der Waals surface area contributed by atoms with E-state index in [0.717, 1.165) is 17.7 Å². The second-order valence-corrected chi connectivity index (χ2v) is 5.58. The number of nitrogens with one attached hydrogen (secondary N) is 1. The second kappa shape index (κ2) is 6.94. The zero-order chi connectivity index (χ0) is 17.9. The Morgan fingerprint density at radius 1 is 1.21 bits per heavy atom. The Kier molecular flexibility index (Phi) is 5.16. The third-order valence-corrected chi connectivity index (χ3v) is 3.74. The van der Waals surface area contributed by atoms with Crippen LogP contribution in [0.25, 0.3) is 0 Å². The SMILES string of the molecule is CC1=CC[C@@H](C(=O)[O-])[C@@H](C(=O)Nc2ccc(OC(F)(F)F)cc2)C1. The molecule has 0 heterocycles. The molecule has 0 saturated carbocycles. The number of alkyl halides is 3. The average molecular weight is 342 g/mol. The van der Waals surface area contributed by atoms with Crippen molar-refractivity contribution in [2.75, 3.05) is 5.32 Å². The number of ether oxygens (including phenoxy) is 1. The molecule has 0 spiro atoms. The van der Waals surface area contributed by atoms with Gasteiger partial charge < -0.3 is 20.0 Å². The van der Waals surface area contributed by atoms with Crippen LogP contribution in [0.3, 0.4) is 0 Å². The summed E-state index contributed by atoms with van der Waals surface area (Å²) < 4.78 is 40.0. The molecule has 0 aliphatic heterocycles. The fraction of sp³-hybridized carbons (Fsp3) is 0.375. The molecule has 2 atom stereocenters. The fourth-order valence-corrected chi connectivity index (χ4v) is 2.58. The molecule has 1 aliphatic rings. The van der Waals surface area contributed by atoms with Gasteiger partial charge in [-0.05, 0) is 44.0 Å². The summed E-state index contributed by atoms with van der Waals surface area (Å²) in [7, 11) is 0. The van der Waals surface area contributed by atoms with Crippen molar-refractivity contribution in [2.24, 2.45) is 11.8 Å². The summed E-state index contributed by atoms with van der Waals surface area (Å²) >= 11 is 0. The largest absolute Gasteiger partial charge is 0.573 e. The number of aliphatic carboxylic acids is 1. The van der Waals surface area contributed by atoms with Gasteiger partial charge in [0.25, 0.3) is 0 Å². The molecule has 5 nitrogen and oxygen atoms in total. The number of halogens is 3. The Morgan fingerprint density at radius 3 is 2.38 bits per heavy atom. The predicted molar refractivity (Wildman–Crippen MR) is 76.7 cm³/mol. The Morgan fingerprint density at radius 2 is 1.83 bits per heavy atom. The first-order valence-corrected chi connectivity index (χ1v) is 7.19. The number of anilines is 1. The predicted octanol–water partition coefficient (Wildman–Crippen LogP) is 2.25. The summed E-state index contributed by atoms with van der Waals surface area (Å²) in [5, 5.41) is 13.7. The lowest BCUT2D eigenvalue weighted by molar-refractivity contribution is -0.313. The maximum atomic E-state index is 12.3. The first-order chi connectivity index (χ1) is 11.2. The van der Waals surface area contributed by atoms with Crippen LogP contribution >= 0.6 is 0 Å². The minimum absolute atomic E-state index is 0.213. The van der Waals surface area contributed by atoms with Crippen LogP contribution in [0, 0.1) is 11.8 Å². The summed E-state index contributed by atoms with van der Waals surface area (Å²) in [4.78, 5) is 23.5. The van der Waals surface area contributed by atoms with Crippen molar-refractivity contribution in [1.29, 1.82) is 0 Å². The molecule has 2 rings (SSSR count). The van der Waals surface area contributed by atoms with Crippen LogP contribution in [0.4, 0.5) is 18.9 Å². The van der Waals surface area contributed by atoms with Crippen LogP contribution in [0.15, 0.2) is 35.9 Å². The van der Waals surface area contributed by atoms with Gasteiger partial charge in [0.1, 0.15) is 5.75 Å². The molecule has 0 bridgehead atoms. The Labute approximate surface area is 136 Å². The zero-order valence-electron chi connectivity index (χ0n) is 12.7. The summed E-state index contributed by atoms with van der Waals surface area (Å²) in [6, 6.07) is 4.62. The maximum Gasteiger partial charge on any atom is 0.573 e. The summed E-state index contributed by atoms with van der Waals surface area (Å²) in [5.74, 6) is -3.94. The van der Waals surface area contributed by atoms with Gasteiger partial charge in [0.2, 0.25) is 5.91 Å². The van der Waals surface area contributed by atoms with Crippen LogP contribution < -0.4 is 15.2 Å².